The van der Waals surface area contributed by atoms with Gasteiger partial charge < -0.3 is 19.5 Å². The fourth-order valence-corrected chi connectivity index (χ4v) is 4.70. The zero-order valence-corrected chi connectivity index (χ0v) is 21.2. The van der Waals surface area contributed by atoms with Crippen LogP contribution < -0.4 is 5.32 Å². The monoisotopic (exact) mass is 518 g/mol. The third-order valence-corrected chi connectivity index (χ3v) is 6.33. The number of para-hydroxylation sites is 1. The largest absolute Gasteiger partial charge is 0.444 e. The van der Waals surface area contributed by atoms with Gasteiger partial charge >= 0.3 is 6.09 Å². The Morgan fingerprint density at radius 2 is 1.97 bits per heavy atom. The van der Waals surface area contributed by atoms with Gasteiger partial charge in [-0.2, -0.15) is 0 Å². The van der Waals surface area contributed by atoms with Crippen molar-refractivity contribution >= 4 is 52.0 Å². The topological polar surface area (TPSA) is 93.0 Å². The van der Waals surface area contributed by atoms with Crippen LogP contribution in [0.25, 0.3) is 10.9 Å². The van der Waals surface area contributed by atoms with Crippen LogP contribution in [0, 0.1) is 0 Å². The molecule has 2 heterocycles. The number of rotatable bonds is 7. The van der Waals surface area contributed by atoms with Crippen LogP contribution in [-0.4, -0.2) is 26.9 Å². The molecule has 34 heavy (non-hydrogen) atoms. The number of aromatic amines is 1. The van der Waals surface area contributed by atoms with E-state index in [1.54, 1.807) is 12.1 Å². The first-order valence-electron chi connectivity index (χ1n) is 10.6. The van der Waals surface area contributed by atoms with Gasteiger partial charge in [0.2, 0.25) is 5.89 Å². The van der Waals surface area contributed by atoms with E-state index in [1.165, 1.54) is 11.8 Å². The van der Waals surface area contributed by atoms with E-state index in [9.17, 15) is 4.79 Å². The van der Waals surface area contributed by atoms with Crippen molar-refractivity contribution in [1.29, 1.82) is 0 Å². The minimum absolute atomic E-state index is 0.292. The van der Waals surface area contributed by atoms with Crippen LogP contribution in [0.2, 0.25) is 10.0 Å². The number of thioether (sulfide) groups is 1. The predicted octanol–water partition coefficient (Wildman–Crippen LogP) is 6.96. The molecule has 2 aromatic heterocycles. The molecule has 0 unspecified atom stereocenters. The zero-order valence-electron chi connectivity index (χ0n) is 18.9. The molecule has 0 spiro atoms. The lowest BCUT2D eigenvalue weighted by molar-refractivity contribution is 0.0494. The second-order valence-corrected chi connectivity index (χ2v) is 10.5. The standard InChI is InChI=1S/C24H24Cl2N4O3S/c1-24(2,3)33-22(31)28-20(10-15-12-27-19-7-5-4-6-17(15)19)21-29-30-23(32-21)34-13-14-8-9-16(25)11-18(14)26/h4-9,11-12,20,27H,10,13H2,1-3H3,(H,28,31)/t20-/m0/s1. The Morgan fingerprint density at radius 1 is 1.18 bits per heavy atom. The highest BCUT2D eigenvalue weighted by molar-refractivity contribution is 7.98. The van der Waals surface area contributed by atoms with Gasteiger partial charge in [-0.3, -0.25) is 0 Å². The number of alkyl carbamates (subject to hydrolysis) is 1. The molecule has 0 aliphatic rings. The lowest BCUT2D eigenvalue weighted by Crippen LogP contribution is -2.36. The molecule has 4 aromatic rings. The van der Waals surface area contributed by atoms with Crippen molar-refractivity contribution in [3.05, 3.63) is 75.7 Å². The highest BCUT2D eigenvalue weighted by Gasteiger charge is 2.26. The molecular weight excluding hydrogens is 495 g/mol. The maximum absolute atomic E-state index is 12.6. The zero-order chi connectivity index (χ0) is 24.3. The molecule has 0 aliphatic carbocycles. The summed E-state index contributed by atoms with van der Waals surface area (Å²) < 4.78 is 11.4. The van der Waals surface area contributed by atoms with Gasteiger partial charge in [0.25, 0.3) is 5.22 Å². The van der Waals surface area contributed by atoms with E-state index in [0.717, 1.165) is 22.0 Å². The molecule has 0 bridgehead atoms. The molecule has 0 fully saturated rings. The number of aromatic nitrogens is 3. The van der Waals surface area contributed by atoms with Gasteiger partial charge in [0, 0.05) is 39.3 Å². The minimum atomic E-state index is -0.636. The van der Waals surface area contributed by atoms with Crippen molar-refractivity contribution in [2.75, 3.05) is 0 Å². The average Bonchev–Trinajstić information content (AvgIpc) is 3.39. The van der Waals surface area contributed by atoms with Crippen LogP contribution in [-0.2, 0) is 16.9 Å². The van der Waals surface area contributed by atoms with Crippen molar-refractivity contribution in [3.63, 3.8) is 0 Å². The third-order valence-electron chi connectivity index (χ3n) is 4.88. The summed E-state index contributed by atoms with van der Waals surface area (Å²) in [6.07, 6.45) is 1.80. The van der Waals surface area contributed by atoms with Crippen molar-refractivity contribution in [2.24, 2.45) is 0 Å². The molecule has 2 aromatic carbocycles. The Morgan fingerprint density at radius 3 is 2.74 bits per heavy atom. The number of fused-ring (bicyclic) bond motifs is 1. The molecule has 178 valence electrons. The van der Waals surface area contributed by atoms with Crippen LogP contribution in [0.3, 0.4) is 0 Å². The number of nitrogens with zero attached hydrogens (tertiary/aromatic N) is 2. The van der Waals surface area contributed by atoms with E-state index >= 15 is 0 Å². The van der Waals surface area contributed by atoms with Crippen molar-refractivity contribution in [1.82, 2.24) is 20.5 Å². The normalized spacial score (nSPS) is 12.6. The summed E-state index contributed by atoms with van der Waals surface area (Å²) in [5, 5.41) is 13.8. The number of hydrogen-bond acceptors (Lipinski definition) is 6. The first-order valence-corrected chi connectivity index (χ1v) is 12.4. The van der Waals surface area contributed by atoms with Crippen LogP contribution in [0.5, 0.6) is 0 Å². The number of carbonyl (C=O) groups is 1. The van der Waals surface area contributed by atoms with Gasteiger partial charge in [0.15, 0.2) is 0 Å². The molecule has 0 radical (unpaired) electrons. The second-order valence-electron chi connectivity index (χ2n) is 8.69. The number of carbonyl (C=O) groups excluding carboxylic acids is 1. The van der Waals surface area contributed by atoms with Gasteiger partial charge in [-0.15, -0.1) is 10.2 Å². The van der Waals surface area contributed by atoms with Crippen molar-refractivity contribution in [2.45, 2.75) is 49.8 Å². The summed E-state index contributed by atoms with van der Waals surface area (Å²) in [6.45, 7) is 5.43. The molecule has 10 heteroatoms. The summed E-state index contributed by atoms with van der Waals surface area (Å²) in [6, 6.07) is 12.7. The Labute approximate surface area is 211 Å². The Kier molecular flexibility index (Phi) is 7.40. The van der Waals surface area contributed by atoms with Gasteiger partial charge in [0.05, 0.1) is 0 Å². The molecular formula is C24H24Cl2N4O3S. The lowest BCUT2D eigenvalue weighted by Gasteiger charge is -2.22. The Bertz CT molecular complexity index is 1300. The fourth-order valence-electron chi connectivity index (χ4n) is 3.37. The molecule has 1 atom stereocenters. The SMILES string of the molecule is CC(C)(C)OC(=O)N[C@@H](Cc1c[nH]c2ccccc12)c1nnc(SCc2ccc(Cl)cc2Cl)o1. The van der Waals surface area contributed by atoms with Crippen molar-refractivity contribution in [3.8, 4) is 0 Å². The van der Waals surface area contributed by atoms with Gasteiger partial charge in [-0.25, -0.2) is 4.79 Å². The second kappa shape index (κ2) is 10.3. The summed E-state index contributed by atoms with van der Waals surface area (Å²) in [5.41, 5.74) is 2.29. The van der Waals surface area contributed by atoms with Crippen molar-refractivity contribution < 1.29 is 13.9 Å². The maximum Gasteiger partial charge on any atom is 0.408 e. The first-order chi connectivity index (χ1) is 16.2. The third kappa shape index (κ3) is 6.25. The smallest absolute Gasteiger partial charge is 0.408 e. The molecule has 7 nitrogen and oxygen atoms in total. The van der Waals surface area contributed by atoms with Crippen LogP contribution in [0.1, 0.15) is 43.8 Å². The minimum Gasteiger partial charge on any atom is -0.444 e. The van der Waals surface area contributed by atoms with E-state index in [2.05, 4.69) is 20.5 Å². The molecule has 0 aliphatic heterocycles. The highest BCUT2D eigenvalue weighted by atomic mass is 35.5. The van der Waals surface area contributed by atoms with E-state index in [-0.39, 0.29) is 0 Å². The first kappa shape index (κ1) is 24.4. The molecule has 4 rings (SSSR count). The number of hydrogen-bond donors (Lipinski definition) is 2. The summed E-state index contributed by atoms with van der Waals surface area (Å²) >= 11 is 13.6. The summed E-state index contributed by atoms with van der Waals surface area (Å²) in [7, 11) is 0. The maximum atomic E-state index is 12.6. The molecule has 0 saturated carbocycles. The lowest BCUT2D eigenvalue weighted by atomic mass is 10.1. The van der Waals surface area contributed by atoms with E-state index in [4.69, 9.17) is 32.4 Å². The Hall–Kier alpha value is -2.68. The van der Waals surface area contributed by atoms with Crippen LogP contribution >= 0.6 is 35.0 Å². The fraction of sp³-hybridized carbons (Fsp3) is 0.292. The quantitative estimate of drug-likeness (QED) is 0.257. The number of ether oxygens (including phenoxy) is 1. The highest BCUT2D eigenvalue weighted by Crippen LogP contribution is 2.30. The summed E-state index contributed by atoms with van der Waals surface area (Å²) in [5.74, 6) is 0.824. The van der Waals surface area contributed by atoms with Gasteiger partial charge in [0.1, 0.15) is 11.6 Å². The van der Waals surface area contributed by atoms with E-state index in [0.29, 0.717) is 33.3 Å². The summed E-state index contributed by atoms with van der Waals surface area (Å²) in [4.78, 5) is 15.8. The number of H-pyrrole nitrogens is 1. The predicted molar refractivity (Wildman–Crippen MR) is 134 cm³/mol. The van der Waals surface area contributed by atoms with Gasteiger partial charge in [-0.1, -0.05) is 59.2 Å². The van der Waals surface area contributed by atoms with Gasteiger partial charge in [-0.05, 0) is 50.1 Å². The molecule has 2 N–H and O–H groups in total. The average molecular weight is 519 g/mol. The van der Waals surface area contributed by atoms with E-state index in [1.807, 2.05) is 57.3 Å². The van der Waals surface area contributed by atoms with Crippen LogP contribution in [0.4, 0.5) is 4.79 Å². The van der Waals surface area contributed by atoms with Crippen LogP contribution in [0.15, 0.2) is 58.3 Å². The molecule has 0 saturated heterocycles. The number of benzene rings is 2. The number of nitrogens with one attached hydrogen (secondary N) is 2. The number of amides is 1. The van der Waals surface area contributed by atoms with E-state index < -0.39 is 17.7 Å². The molecule has 1 amide bonds. The number of halogens is 2. The Balaban J connectivity index is 1.53.